The number of benzene rings is 4. The first-order chi connectivity index (χ1) is 17.6. The molecule has 2 N–H and O–H groups in total. The third-order valence-electron chi connectivity index (χ3n) is 7.63. The van der Waals surface area contributed by atoms with E-state index in [1.165, 1.54) is 21.9 Å². The molecule has 1 saturated heterocycles. The van der Waals surface area contributed by atoms with Crippen molar-refractivity contribution in [2.24, 2.45) is 5.92 Å². The lowest BCUT2D eigenvalue weighted by Gasteiger charge is -2.39. The standard InChI is InChI=1S/C32H34N2O2/c1-23(29-13-7-11-26-10-5-6-12-31(26)29)33-20-28-22-34(19-18-30(28)25-8-3-2-4-9-25)21-24-14-16-27(17-15-24)32(35)36/h2-17,23,28,30,33H,18-22H2,1H3,(H,35,36)/t23-,28?,30?/m1/s1. The minimum atomic E-state index is -0.878. The third kappa shape index (κ3) is 5.51. The van der Waals surface area contributed by atoms with E-state index in [9.17, 15) is 9.90 Å². The Bertz CT molecular complexity index is 1300. The SMILES string of the molecule is C[C@@H](NCC1CN(Cc2ccc(C(=O)O)cc2)CCC1c1ccccc1)c1cccc2ccccc12. The zero-order valence-corrected chi connectivity index (χ0v) is 20.8. The summed E-state index contributed by atoms with van der Waals surface area (Å²) in [6.45, 7) is 6.10. The van der Waals surface area contributed by atoms with E-state index in [-0.39, 0.29) is 6.04 Å². The molecule has 1 aliphatic rings. The summed E-state index contributed by atoms with van der Waals surface area (Å²) < 4.78 is 0. The van der Waals surface area contributed by atoms with Crippen LogP contribution in [-0.2, 0) is 6.54 Å². The van der Waals surface area contributed by atoms with E-state index in [1.54, 1.807) is 12.1 Å². The molecule has 36 heavy (non-hydrogen) atoms. The summed E-state index contributed by atoms with van der Waals surface area (Å²) >= 11 is 0. The van der Waals surface area contributed by atoms with Gasteiger partial charge in [-0.2, -0.15) is 0 Å². The number of carboxylic acids is 1. The lowest BCUT2D eigenvalue weighted by Crippen LogP contribution is -2.43. The molecular formula is C32H34N2O2. The van der Waals surface area contributed by atoms with Gasteiger partial charge in [-0.3, -0.25) is 4.90 Å². The highest BCUT2D eigenvalue weighted by Gasteiger charge is 2.30. The van der Waals surface area contributed by atoms with Gasteiger partial charge in [0.2, 0.25) is 0 Å². The number of nitrogens with zero attached hydrogens (tertiary/aromatic N) is 1. The highest BCUT2D eigenvalue weighted by molar-refractivity contribution is 5.87. The quantitative estimate of drug-likeness (QED) is 0.304. The van der Waals surface area contributed by atoms with Crippen LogP contribution in [0.3, 0.4) is 0 Å². The molecule has 1 heterocycles. The number of likely N-dealkylation sites (tertiary alicyclic amines) is 1. The Labute approximate surface area is 213 Å². The maximum absolute atomic E-state index is 11.2. The summed E-state index contributed by atoms with van der Waals surface area (Å²) in [6.07, 6.45) is 1.12. The first-order valence-electron chi connectivity index (χ1n) is 12.9. The molecule has 0 bridgehead atoms. The van der Waals surface area contributed by atoms with Crippen LogP contribution < -0.4 is 5.32 Å². The Morgan fingerprint density at radius 2 is 1.67 bits per heavy atom. The van der Waals surface area contributed by atoms with E-state index in [2.05, 4.69) is 89.9 Å². The molecule has 0 radical (unpaired) electrons. The smallest absolute Gasteiger partial charge is 0.335 e. The van der Waals surface area contributed by atoms with Crippen molar-refractivity contribution in [1.29, 1.82) is 0 Å². The predicted molar refractivity (Wildman–Crippen MR) is 146 cm³/mol. The Morgan fingerprint density at radius 3 is 2.44 bits per heavy atom. The number of rotatable bonds is 8. The van der Waals surface area contributed by atoms with Crippen molar-refractivity contribution < 1.29 is 9.90 Å². The van der Waals surface area contributed by atoms with Crippen molar-refractivity contribution in [2.75, 3.05) is 19.6 Å². The molecule has 1 fully saturated rings. The number of nitrogens with one attached hydrogen (secondary N) is 1. The van der Waals surface area contributed by atoms with Crippen LogP contribution in [0.5, 0.6) is 0 Å². The molecule has 3 atom stereocenters. The lowest BCUT2D eigenvalue weighted by molar-refractivity contribution is 0.0697. The average Bonchev–Trinajstić information content (AvgIpc) is 2.92. The lowest BCUT2D eigenvalue weighted by atomic mass is 9.80. The van der Waals surface area contributed by atoms with Crippen LogP contribution in [0.15, 0.2) is 97.1 Å². The Balaban J connectivity index is 1.31. The van der Waals surface area contributed by atoms with Crippen molar-refractivity contribution in [1.82, 2.24) is 10.2 Å². The molecule has 0 amide bonds. The fraction of sp³-hybridized carbons (Fsp3) is 0.281. The van der Waals surface area contributed by atoms with Gasteiger partial charge in [-0.1, -0.05) is 84.9 Å². The summed E-state index contributed by atoms with van der Waals surface area (Å²) in [7, 11) is 0. The van der Waals surface area contributed by atoms with Crippen molar-refractivity contribution in [3.8, 4) is 0 Å². The molecule has 1 aliphatic heterocycles. The molecule has 0 spiro atoms. The molecular weight excluding hydrogens is 444 g/mol. The summed E-state index contributed by atoms with van der Waals surface area (Å²) in [5.74, 6) is 0.123. The molecule has 4 aromatic carbocycles. The second-order valence-electron chi connectivity index (χ2n) is 10.0. The predicted octanol–water partition coefficient (Wildman–Crippen LogP) is 6.49. The molecule has 4 aromatic rings. The van der Waals surface area contributed by atoms with Crippen LogP contribution in [0.25, 0.3) is 10.8 Å². The van der Waals surface area contributed by atoms with E-state index < -0.39 is 5.97 Å². The van der Waals surface area contributed by atoms with Crippen molar-refractivity contribution in [3.05, 3.63) is 119 Å². The van der Waals surface area contributed by atoms with Crippen LogP contribution >= 0.6 is 0 Å². The molecule has 0 aromatic heterocycles. The topological polar surface area (TPSA) is 52.6 Å². The summed E-state index contributed by atoms with van der Waals surface area (Å²) in [4.78, 5) is 13.7. The molecule has 184 valence electrons. The summed E-state index contributed by atoms with van der Waals surface area (Å²) in [5, 5.41) is 15.7. The van der Waals surface area contributed by atoms with Crippen LogP contribution in [0.4, 0.5) is 0 Å². The highest BCUT2D eigenvalue weighted by Crippen LogP contribution is 2.34. The Morgan fingerprint density at radius 1 is 0.944 bits per heavy atom. The zero-order chi connectivity index (χ0) is 24.9. The average molecular weight is 479 g/mol. The van der Waals surface area contributed by atoms with E-state index in [0.29, 0.717) is 17.4 Å². The molecule has 4 nitrogen and oxygen atoms in total. The first kappa shape index (κ1) is 24.2. The van der Waals surface area contributed by atoms with Gasteiger partial charge in [0, 0.05) is 25.7 Å². The van der Waals surface area contributed by atoms with Gasteiger partial charge in [0.1, 0.15) is 0 Å². The first-order valence-corrected chi connectivity index (χ1v) is 12.9. The van der Waals surface area contributed by atoms with E-state index in [0.717, 1.165) is 38.2 Å². The minimum Gasteiger partial charge on any atom is -0.478 e. The normalized spacial score (nSPS) is 19.2. The van der Waals surface area contributed by atoms with E-state index in [4.69, 9.17) is 0 Å². The van der Waals surface area contributed by atoms with E-state index >= 15 is 0 Å². The second kappa shape index (κ2) is 11.1. The van der Waals surface area contributed by atoms with Crippen LogP contribution in [0.2, 0.25) is 0 Å². The third-order valence-corrected chi connectivity index (χ3v) is 7.63. The number of piperidine rings is 1. The van der Waals surface area contributed by atoms with Crippen LogP contribution in [-0.4, -0.2) is 35.6 Å². The number of hydrogen-bond acceptors (Lipinski definition) is 3. The molecule has 2 unspecified atom stereocenters. The second-order valence-corrected chi connectivity index (χ2v) is 10.0. The number of hydrogen-bond donors (Lipinski definition) is 2. The van der Waals surface area contributed by atoms with Gasteiger partial charge >= 0.3 is 5.97 Å². The van der Waals surface area contributed by atoms with Gasteiger partial charge < -0.3 is 10.4 Å². The van der Waals surface area contributed by atoms with Crippen LogP contribution in [0.1, 0.15) is 52.4 Å². The Kier molecular flexibility index (Phi) is 7.45. The number of aromatic carboxylic acids is 1. The van der Waals surface area contributed by atoms with Gasteiger partial charge in [-0.15, -0.1) is 0 Å². The van der Waals surface area contributed by atoms with E-state index in [1.807, 2.05) is 12.1 Å². The zero-order valence-electron chi connectivity index (χ0n) is 20.8. The van der Waals surface area contributed by atoms with Gasteiger partial charge in [-0.05, 0) is 71.3 Å². The molecule has 5 rings (SSSR count). The number of carboxylic acid groups (broad SMARTS) is 1. The Hall–Kier alpha value is -3.47. The maximum atomic E-state index is 11.2. The van der Waals surface area contributed by atoms with Crippen molar-refractivity contribution >= 4 is 16.7 Å². The van der Waals surface area contributed by atoms with Crippen molar-refractivity contribution in [2.45, 2.75) is 31.8 Å². The fourth-order valence-electron chi connectivity index (χ4n) is 5.67. The summed E-state index contributed by atoms with van der Waals surface area (Å²) in [5.41, 5.74) is 4.27. The maximum Gasteiger partial charge on any atom is 0.335 e. The molecule has 0 saturated carbocycles. The van der Waals surface area contributed by atoms with Gasteiger partial charge in [-0.25, -0.2) is 4.79 Å². The monoisotopic (exact) mass is 478 g/mol. The fourth-order valence-corrected chi connectivity index (χ4v) is 5.67. The van der Waals surface area contributed by atoms with Gasteiger partial charge in [0.25, 0.3) is 0 Å². The van der Waals surface area contributed by atoms with Gasteiger partial charge in [0.05, 0.1) is 5.56 Å². The van der Waals surface area contributed by atoms with Gasteiger partial charge in [0.15, 0.2) is 0 Å². The highest BCUT2D eigenvalue weighted by atomic mass is 16.4. The molecule has 4 heteroatoms. The van der Waals surface area contributed by atoms with Crippen molar-refractivity contribution in [3.63, 3.8) is 0 Å². The number of fused-ring (bicyclic) bond motifs is 1. The number of carbonyl (C=O) groups is 1. The largest absolute Gasteiger partial charge is 0.478 e. The molecule has 0 aliphatic carbocycles. The van der Waals surface area contributed by atoms with Crippen LogP contribution in [0, 0.1) is 5.92 Å². The summed E-state index contributed by atoms with van der Waals surface area (Å²) in [6, 6.07) is 33.7. The minimum absolute atomic E-state index is 0.256.